The standard InChI is InChI=1S/C16H12FN3OS/c1-10(21)19-11-5-6-12(13(17)8-11)15-9-22-16(20-15)14-4-2-3-7-18-14/h2-9H,1H3,(H,19,21). The summed E-state index contributed by atoms with van der Waals surface area (Å²) in [5, 5.41) is 5.08. The zero-order chi connectivity index (χ0) is 15.5. The van der Waals surface area contributed by atoms with Crippen molar-refractivity contribution >= 4 is 22.9 Å². The van der Waals surface area contributed by atoms with E-state index in [9.17, 15) is 9.18 Å². The van der Waals surface area contributed by atoms with E-state index in [1.165, 1.54) is 24.3 Å². The first kappa shape index (κ1) is 14.3. The summed E-state index contributed by atoms with van der Waals surface area (Å²) in [7, 11) is 0. The van der Waals surface area contributed by atoms with Crippen molar-refractivity contribution in [1.29, 1.82) is 0 Å². The van der Waals surface area contributed by atoms with Gasteiger partial charge in [0.2, 0.25) is 5.91 Å². The van der Waals surface area contributed by atoms with Gasteiger partial charge < -0.3 is 5.32 Å². The number of anilines is 1. The van der Waals surface area contributed by atoms with Crippen LogP contribution in [0.15, 0.2) is 48.0 Å². The molecule has 0 unspecified atom stereocenters. The summed E-state index contributed by atoms with van der Waals surface area (Å²) in [6.07, 6.45) is 1.69. The van der Waals surface area contributed by atoms with Gasteiger partial charge in [0.05, 0.1) is 11.4 Å². The van der Waals surface area contributed by atoms with Crippen molar-refractivity contribution in [3.8, 4) is 22.0 Å². The lowest BCUT2D eigenvalue weighted by molar-refractivity contribution is -0.114. The van der Waals surface area contributed by atoms with Gasteiger partial charge in [-0.2, -0.15) is 0 Å². The topological polar surface area (TPSA) is 54.9 Å². The van der Waals surface area contributed by atoms with Gasteiger partial charge in [-0.25, -0.2) is 9.37 Å². The Labute approximate surface area is 130 Å². The minimum absolute atomic E-state index is 0.238. The molecule has 0 fully saturated rings. The van der Waals surface area contributed by atoms with Crippen molar-refractivity contribution < 1.29 is 9.18 Å². The fourth-order valence-electron chi connectivity index (χ4n) is 2.01. The number of rotatable bonds is 3. The highest BCUT2D eigenvalue weighted by atomic mass is 32.1. The summed E-state index contributed by atoms with van der Waals surface area (Å²) in [4.78, 5) is 19.7. The van der Waals surface area contributed by atoms with Crippen LogP contribution >= 0.6 is 11.3 Å². The summed E-state index contributed by atoms with van der Waals surface area (Å²) in [5.41, 5.74) is 2.13. The lowest BCUT2D eigenvalue weighted by Gasteiger charge is -2.04. The number of amides is 1. The molecule has 2 heterocycles. The highest BCUT2D eigenvalue weighted by Gasteiger charge is 2.12. The molecule has 6 heteroatoms. The van der Waals surface area contributed by atoms with E-state index in [2.05, 4.69) is 15.3 Å². The molecule has 2 aromatic heterocycles. The Morgan fingerprint density at radius 2 is 2.09 bits per heavy atom. The van der Waals surface area contributed by atoms with E-state index >= 15 is 0 Å². The molecule has 22 heavy (non-hydrogen) atoms. The SMILES string of the molecule is CC(=O)Nc1ccc(-c2csc(-c3ccccn3)n2)c(F)c1. The van der Waals surface area contributed by atoms with E-state index in [1.807, 2.05) is 18.2 Å². The van der Waals surface area contributed by atoms with Crippen LogP contribution in [0.25, 0.3) is 22.0 Å². The predicted octanol–water partition coefficient (Wildman–Crippen LogP) is 3.97. The van der Waals surface area contributed by atoms with E-state index in [0.717, 1.165) is 10.7 Å². The van der Waals surface area contributed by atoms with E-state index in [-0.39, 0.29) is 5.91 Å². The van der Waals surface area contributed by atoms with Crippen molar-refractivity contribution in [1.82, 2.24) is 9.97 Å². The molecule has 4 nitrogen and oxygen atoms in total. The minimum Gasteiger partial charge on any atom is -0.326 e. The number of carbonyl (C=O) groups excluding carboxylic acids is 1. The monoisotopic (exact) mass is 313 g/mol. The minimum atomic E-state index is -0.427. The van der Waals surface area contributed by atoms with Crippen molar-refractivity contribution in [3.05, 3.63) is 53.8 Å². The molecule has 0 aliphatic heterocycles. The number of nitrogens with zero attached hydrogens (tertiary/aromatic N) is 2. The molecule has 0 saturated heterocycles. The second-order valence-corrected chi connectivity index (χ2v) is 5.49. The first-order valence-electron chi connectivity index (χ1n) is 6.58. The first-order valence-corrected chi connectivity index (χ1v) is 7.46. The summed E-state index contributed by atoms with van der Waals surface area (Å²) in [6.45, 7) is 1.38. The molecular formula is C16H12FN3OS. The zero-order valence-corrected chi connectivity index (χ0v) is 12.5. The van der Waals surface area contributed by atoms with Gasteiger partial charge in [0, 0.05) is 29.8 Å². The van der Waals surface area contributed by atoms with Crippen LogP contribution in [0.3, 0.4) is 0 Å². The molecule has 0 atom stereocenters. The fraction of sp³-hybridized carbons (Fsp3) is 0.0625. The van der Waals surface area contributed by atoms with Gasteiger partial charge >= 0.3 is 0 Å². The Bertz CT molecular complexity index is 817. The molecule has 0 aliphatic rings. The summed E-state index contributed by atoms with van der Waals surface area (Å²) >= 11 is 1.41. The molecule has 110 valence electrons. The molecular weight excluding hydrogens is 301 g/mol. The maximum Gasteiger partial charge on any atom is 0.221 e. The van der Waals surface area contributed by atoms with E-state index in [4.69, 9.17) is 0 Å². The number of aromatic nitrogens is 2. The van der Waals surface area contributed by atoms with Gasteiger partial charge in [0.15, 0.2) is 0 Å². The van der Waals surface area contributed by atoms with Gasteiger partial charge in [0.25, 0.3) is 0 Å². The van der Waals surface area contributed by atoms with Gasteiger partial charge in [0.1, 0.15) is 10.8 Å². The van der Waals surface area contributed by atoms with Gasteiger partial charge in [-0.15, -0.1) is 11.3 Å². The van der Waals surface area contributed by atoms with Crippen LogP contribution in [-0.2, 0) is 4.79 Å². The van der Waals surface area contributed by atoms with Crippen LogP contribution < -0.4 is 5.32 Å². The molecule has 0 spiro atoms. The highest BCUT2D eigenvalue weighted by Crippen LogP contribution is 2.30. The van der Waals surface area contributed by atoms with Crippen LogP contribution in [0, 0.1) is 5.82 Å². The molecule has 0 aliphatic carbocycles. The third-order valence-electron chi connectivity index (χ3n) is 2.95. The van der Waals surface area contributed by atoms with E-state index in [1.54, 1.807) is 23.7 Å². The van der Waals surface area contributed by atoms with Gasteiger partial charge in [-0.1, -0.05) is 6.07 Å². The first-order chi connectivity index (χ1) is 10.6. The number of pyridine rings is 1. The highest BCUT2D eigenvalue weighted by molar-refractivity contribution is 7.13. The van der Waals surface area contributed by atoms with Gasteiger partial charge in [-0.3, -0.25) is 9.78 Å². The number of halogens is 1. The molecule has 0 radical (unpaired) electrons. The normalized spacial score (nSPS) is 10.5. The quantitative estimate of drug-likeness (QED) is 0.796. The Balaban J connectivity index is 1.92. The zero-order valence-electron chi connectivity index (χ0n) is 11.7. The Morgan fingerprint density at radius 3 is 2.77 bits per heavy atom. The van der Waals surface area contributed by atoms with Crippen molar-refractivity contribution in [2.45, 2.75) is 6.92 Å². The van der Waals surface area contributed by atoms with E-state index < -0.39 is 5.82 Å². The second kappa shape index (κ2) is 6.03. The number of hydrogen-bond donors (Lipinski definition) is 1. The molecule has 1 aromatic carbocycles. The number of nitrogens with one attached hydrogen (secondary N) is 1. The lowest BCUT2D eigenvalue weighted by Crippen LogP contribution is -2.05. The van der Waals surface area contributed by atoms with Crippen molar-refractivity contribution in [3.63, 3.8) is 0 Å². The van der Waals surface area contributed by atoms with E-state index in [0.29, 0.717) is 16.9 Å². The maximum absolute atomic E-state index is 14.2. The lowest BCUT2D eigenvalue weighted by atomic mass is 10.1. The van der Waals surface area contributed by atoms with Gasteiger partial charge in [-0.05, 0) is 30.3 Å². The van der Waals surface area contributed by atoms with Crippen molar-refractivity contribution in [2.24, 2.45) is 0 Å². The Morgan fingerprint density at radius 1 is 1.23 bits per heavy atom. The van der Waals surface area contributed by atoms with Crippen molar-refractivity contribution in [2.75, 3.05) is 5.32 Å². The molecule has 3 rings (SSSR count). The molecule has 0 bridgehead atoms. The number of benzene rings is 1. The third-order valence-corrected chi connectivity index (χ3v) is 3.82. The third kappa shape index (κ3) is 3.01. The Hall–Kier alpha value is -2.60. The second-order valence-electron chi connectivity index (χ2n) is 4.63. The largest absolute Gasteiger partial charge is 0.326 e. The smallest absolute Gasteiger partial charge is 0.221 e. The average molecular weight is 313 g/mol. The molecule has 0 saturated carbocycles. The maximum atomic E-state index is 14.2. The average Bonchev–Trinajstić information content (AvgIpc) is 2.97. The number of hydrogen-bond acceptors (Lipinski definition) is 4. The number of thiazole rings is 1. The number of carbonyl (C=O) groups is 1. The van der Waals surface area contributed by atoms with Crippen LogP contribution in [0.5, 0.6) is 0 Å². The van der Waals surface area contributed by atoms with Crippen LogP contribution in [-0.4, -0.2) is 15.9 Å². The fourth-order valence-corrected chi connectivity index (χ4v) is 2.80. The summed E-state index contributed by atoms with van der Waals surface area (Å²) in [6, 6.07) is 10.1. The summed E-state index contributed by atoms with van der Waals surface area (Å²) in [5.74, 6) is -0.664. The Kier molecular flexibility index (Phi) is 3.93. The molecule has 1 N–H and O–H groups in total. The molecule has 3 aromatic rings. The summed E-state index contributed by atoms with van der Waals surface area (Å²) < 4.78 is 14.2. The van der Waals surface area contributed by atoms with Crippen LogP contribution in [0.1, 0.15) is 6.92 Å². The molecule has 1 amide bonds. The van der Waals surface area contributed by atoms with Crippen LogP contribution in [0.2, 0.25) is 0 Å². The predicted molar refractivity (Wildman–Crippen MR) is 85.0 cm³/mol. The van der Waals surface area contributed by atoms with Crippen LogP contribution in [0.4, 0.5) is 10.1 Å².